The molecule has 1 unspecified atom stereocenters. The van der Waals surface area contributed by atoms with Gasteiger partial charge in [-0.05, 0) is 44.1 Å². The van der Waals surface area contributed by atoms with Gasteiger partial charge in [-0.2, -0.15) is 4.98 Å². The first-order valence-electron chi connectivity index (χ1n) is 8.10. The van der Waals surface area contributed by atoms with Gasteiger partial charge < -0.3 is 9.84 Å². The average Bonchev–Trinajstić information content (AvgIpc) is 2.86. The van der Waals surface area contributed by atoms with Gasteiger partial charge in [0.25, 0.3) is 0 Å². The fourth-order valence-electron chi connectivity index (χ4n) is 3.03. The smallest absolute Gasteiger partial charge is 0.228 e. The number of rotatable bonds is 6. The maximum absolute atomic E-state index is 5.45. The molecule has 1 aromatic rings. The Bertz CT molecular complexity index is 404. The van der Waals surface area contributed by atoms with E-state index in [0.717, 1.165) is 31.1 Å². The molecular formula is C16H29N3O. The van der Waals surface area contributed by atoms with Crippen molar-refractivity contribution >= 4 is 0 Å². The van der Waals surface area contributed by atoms with Gasteiger partial charge in [-0.3, -0.25) is 0 Å². The molecule has 0 bridgehead atoms. The second-order valence-corrected chi connectivity index (χ2v) is 6.85. The quantitative estimate of drug-likeness (QED) is 0.863. The summed E-state index contributed by atoms with van der Waals surface area (Å²) in [5.74, 6) is 2.22. The van der Waals surface area contributed by atoms with Gasteiger partial charge >= 0.3 is 0 Å². The molecule has 1 atom stereocenters. The molecule has 0 saturated heterocycles. The van der Waals surface area contributed by atoms with E-state index in [4.69, 9.17) is 4.52 Å². The van der Waals surface area contributed by atoms with Gasteiger partial charge in [0.05, 0.1) is 0 Å². The molecule has 4 heteroatoms. The van der Waals surface area contributed by atoms with Gasteiger partial charge in [0.2, 0.25) is 5.89 Å². The third-order valence-electron chi connectivity index (χ3n) is 4.59. The molecule has 4 nitrogen and oxygen atoms in total. The molecule has 2 rings (SSSR count). The number of hydrogen-bond donors (Lipinski definition) is 1. The molecule has 0 radical (unpaired) electrons. The van der Waals surface area contributed by atoms with Gasteiger partial charge in [0.1, 0.15) is 0 Å². The normalized spacial score (nSPS) is 21.0. The number of likely N-dealkylation sites (N-methyl/N-ethyl adjacent to an activating group) is 1. The van der Waals surface area contributed by atoms with Gasteiger partial charge in [0.15, 0.2) is 5.82 Å². The highest BCUT2D eigenvalue weighted by atomic mass is 16.5. The van der Waals surface area contributed by atoms with E-state index in [1.54, 1.807) is 0 Å². The van der Waals surface area contributed by atoms with Crippen LogP contribution in [0.5, 0.6) is 0 Å². The molecule has 0 aromatic carbocycles. The number of nitrogens with zero attached hydrogens (tertiary/aromatic N) is 2. The van der Waals surface area contributed by atoms with Gasteiger partial charge in [0, 0.05) is 18.4 Å². The van der Waals surface area contributed by atoms with Crippen LogP contribution in [0.3, 0.4) is 0 Å². The summed E-state index contributed by atoms with van der Waals surface area (Å²) >= 11 is 0. The third kappa shape index (κ3) is 4.05. The Labute approximate surface area is 122 Å². The van der Waals surface area contributed by atoms with Gasteiger partial charge in [-0.1, -0.05) is 32.9 Å². The molecule has 1 aliphatic carbocycles. The SMILES string of the molecule is CCNC(CC)Cc1nc(C2CCC(C)(C)CC2)no1. The minimum atomic E-state index is 0.443. The predicted octanol–water partition coefficient (Wildman–Crippen LogP) is 3.68. The van der Waals surface area contributed by atoms with Crippen LogP contribution in [-0.2, 0) is 6.42 Å². The summed E-state index contributed by atoms with van der Waals surface area (Å²) < 4.78 is 5.45. The lowest BCUT2D eigenvalue weighted by Gasteiger charge is -2.32. The fraction of sp³-hybridized carbons (Fsp3) is 0.875. The zero-order valence-corrected chi connectivity index (χ0v) is 13.4. The van der Waals surface area contributed by atoms with E-state index in [2.05, 4.69) is 43.2 Å². The molecule has 1 heterocycles. The molecule has 1 N–H and O–H groups in total. The van der Waals surface area contributed by atoms with Gasteiger partial charge in [-0.25, -0.2) is 0 Å². The highest BCUT2D eigenvalue weighted by Crippen LogP contribution is 2.41. The lowest BCUT2D eigenvalue weighted by Crippen LogP contribution is -2.30. The molecule has 1 fully saturated rings. The molecule has 1 aromatic heterocycles. The largest absolute Gasteiger partial charge is 0.339 e. The lowest BCUT2D eigenvalue weighted by atomic mass is 9.73. The summed E-state index contributed by atoms with van der Waals surface area (Å²) in [6.45, 7) is 10.0. The van der Waals surface area contributed by atoms with E-state index in [1.165, 1.54) is 25.7 Å². The summed E-state index contributed by atoms with van der Waals surface area (Å²) in [5, 5.41) is 7.67. The lowest BCUT2D eigenvalue weighted by molar-refractivity contribution is 0.218. The monoisotopic (exact) mass is 279 g/mol. The number of nitrogens with one attached hydrogen (secondary N) is 1. The first-order valence-corrected chi connectivity index (χ1v) is 8.10. The molecule has 20 heavy (non-hydrogen) atoms. The first kappa shape index (κ1) is 15.5. The van der Waals surface area contributed by atoms with Crippen molar-refractivity contribution in [1.29, 1.82) is 0 Å². The van der Waals surface area contributed by atoms with Crippen molar-refractivity contribution in [1.82, 2.24) is 15.5 Å². The highest BCUT2D eigenvalue weighted by Gasteiger charge is 2.30. The average molecular weight is 279 g/mol. The zero-order valence-electron chi connectivity index (χ0n) is 13.4. The minimum absolute atomic E-state index is 0.443. The van der Waals surface area contributed by atoms with Crippen molar-refractivity contribution in [3.63, 3.8) is 0 Å². The van der Waals surface area contributed by atoms with Crippen molar-refractivity contribution in [2.75, 3.05) is 6.54 Å². The Morgan fingerprint density at radius 3 is 2.60 bits per heavy atom. The summed E-state index contributed by atoms with van der Waals surface area (Å²) in [5.41, 5.74) is 0.488. The second kappa shape index (κ2) is 6.70. The molecule has 1 aliphatic rings. The van der Waals surface area contributed by atoms with E-state index in [1.807, 2.05) is 0 Å². The summed E-state index contributed by atoms with van der Waals surface area (Å²) in [6, 6.07) is 0.443. The molecule has 0 aliphatic heterocycles. The van der Waals surface area contributed by atoms with Crippen LogP contribution in [0.1, 0.15) is 77.4 Å². The molecular weight excluding hydrogens is 250 g/mol. The topological polar surface area (TPSA) is 51.0 Å². The maximum atomic E-state index is 5.45. The molecule has 114 valence electrons. The number of aromatic nitrogens is 2. The van der Waals surface area contributed by atoms with Crippen LogP contribution < -0.4 is 5.32 Å². The highest BCUT2D eigenvalue weighted by molar-refractivity contribution is 4.99. The van der Waals surface area contributed by atoms with E-state index < -0.39 is 0 Å². The maximum Gasteiger partial charge on any atom is 0.228 e. The van der Waals surface area contributed by atoms with Crippen molar-refractivity contribution < 1.29 is 4.52 Å². The summed E-state index contributed by atoms with van der Waals surface area (Å²) in [6.07, 6.45) is 6.83. The molecule has 1 saturated carbocycles. The Kier molecular flexibility index (Phi) is 5.19. The van der Waals surface area contributed by atoms with Crippen molar-refractivity contribution in [3.05, 3.63) is 11.7 Å². The van der Waals surface area contributed by atoms with Crippen LogP contribution in [0, 0.1) is 5.41 Å². The van der Waals surface area contributed by atoms with Gasteiger partial charge in [-0.15, -0.1) is 0 Å². The minimum Gasteiger partial charge on any atom is -0.339 e. The van der Waals surface area contributed by atoms with Crippen LogP contribution in [0.25, 0.3) is 0 Å². The van der Waals surface area contributed by atoms with Crippen molar-refractivity contribution in [3.8, 4) is 0 Å². The zero-order chi connectivity index (χ0) is 14.6. The van der Waals surface area contributed by atoms with Crippen LogP contribution in [0.15, 0.2) is 4.52 Å². The Morgan fingerprint density at radius 1 is 1.30 bits per heavy atom. The molecule has 0 amide bonds. The molecule has 0 spiro atoms. The Hall–Kier alpha value is -0.900. The second-order valence-electron chi connectivity index (χ2n) is 6.85. The summed E-state index contributed by atoms with van der Waals surface area (Å²) in [4.78, 5) is 4.63. The van der Waals surface area contributed by atoms with Crippen LogP contribution in [-0.4, -0.2) is 22.7 Å². The summed E-state index contributed by atoms with van der Waals surface area (Å²) in [7, 11) is 0. The predicted molar refractivity (Wildman–Crippen MR) is 80.7 cm³/mol. The first-order chi connectivity index (χ1) is 9.54. The van der Waals surface area contributed by atoms with E-state index in [9.17, 15) is 0 Å². The fourth-order valence-corrected chi connectivity index (χ4v) is 3.03. The third-order valence-corrected chi connectivity index (χ3v) is 4.59. The Morgan fingerprint density at radius 2 is 2.00 bits per heavy atom. The van der Waals surface area contributed by atoms with E-state index >= 15 is 0 Å². The van der Waals surface area contributed by atoms with E-state index in [-0.39, 0.29) is 0 Å². The van der Waals surface area contributed by atoms with Crippen LogP contribution in [0.2, 0.25) is 0 Å². The van der Waals surface area contributed by atoms with Crippen LogP contribution >= 0.6 is 0 Å². The standard InChI is InChI=1S/C16H29N3O/c1-5-13(17-6-2)11-14-18-15(19-20-14)12-7-9-16(3,4)10-8-12/h12-13,17H,5-11H2,1-4H3. The number of hydrogen-bond acceptors (Lipinski definition) is 4. The Balaban J connectivity index is 1.92. The van der Waals surface area contributed by atoms with Crippen molar-refractivity contribution in [2.24, 2.45) is 5.41 Å². The van der Waals surface area contributed by atoms with Crippen molar-refractivity contribution in [2.45, 2.75) is 78.2 Å². The van der Waals surface area contributed by atoms with E-state index in [0.29, 0.717) is 17.4 Å². The van der Waals surface area contributed by atoms with Crippen LogP contribution in [0.4, 0.5) is 0 Å².